The first-order chi connectivity index (χ1) is 9.86. The summed E-state index contributed by atoms with van der Waals surface area (Å²) < 4.78 is 0. The van der Waals surface area contributed by atoms with E-state index in [-0.39, 0.29) is 6.04 Å². The highest BCUT2D eigenvalue weighted by Crippen LogP contribution is 2.21. The van der Waals surface area contributed by atoms with Gasteiger partial charge < -0.3 is 5.32 Å². The summed E-state index contributed by atoms with van der Waals surface area (Å²) in [4.78, 5) is 9.05. The third kappa shape index (κ3) is 2.62. The van der Waals surface area contributed by atoms with Crippen molar-refractivity contribution in [3.63, 3.8) is 0 Å². The van der Waals surface area contributed by atoms with E-state index in [0.29, 0.717) is 0 Å². The summed E-state index contributed by atoms with van der Waals surface area (Å²) in [6.45, 7) is 2.17. The summed E-state index contributed by atoms with van der Waals surface area (Å²) in [6.07, 6.45) is 2.80. The molecule has 1 atom stereocenters. The molecule has 0 aliphatic rings. The fourth-order valence-corrected chi connectivity index (χ4v) is 2.31. The summed E-state index contributed by atoms with van der Waals surface area (Å²) in [5.41, 5.74) is 3.11. The Morgan fingerprint density at radius 2 is 1.65 bits per heavy atom. The summed E-state index contributed by atoms with van der Waals surface area (Å²) in [6, 6.07) is 18.6. The van der Waals surface area contributed by atoms with Crippen molar-refractivity contribution in [3.05, 3.63) is 66.4 Å². The van der Waals surface area contributed by atoms with Crippen LogP contribution in [0.5, 0.6) is 0 Å². The van der Waals surface area contributed by atoms with Crippen LogP contribution in [0.3, 0.4) is 0 Å². The molecule has 1 unspecified atom stereocenters. The van der Waals surface area contributed by atoms with Gasteiger partial charge in [-0.1, -0.05) is 49.4 Å². The summed E-state index contributed by atoms with van der Waals surface area (Å²) >= 11 is 0. The van der Waals surface area contributed by atoms with E-state index in [2.05, 4.69) is 46.5 Å². The Balaban J connectivity index is 1.87. The van der Waals surface area contributed by atoms with Gasteiger partial charge in [-0.05, 0) is 24.1 Å². The lowest BCUT2D eigenvalue weighted by Crippen LogP contribution is -2.10. The Hall–Kier alpha value is -2.42. The van der Waals surface area contributed by atoms with Crippen LogP contribution < -0.4 is 5.32 Å². The molecule has 3 rings (SSSR count). The molecular formula is C17H17N3. The SMILES string of the molecule is CCC(Nc1cnc2ccccc2n1)c1ccccc1. The minimum atomic E-state index is 0.256. The first-order valence-electron chi connectivity index (χ1n) is 6.90. The average Bonchev–Trinajstić information content (AvgIpc) is 2.53. The third-order valence-corrected chi connectivity index (χ3v) is 3.38. The van der Waals surface area contributed by atoms with Crippen LogP contribution in [0, 0.1) is 0 Å². The molecule has 0 radical (unpaired) electrons. The van der Waals surface area contributed by atoms with Crippen LogP contribution in [-0.4, -0.2) is 9.97 Å². The van der Waals surface area contributed by atoms with Crippen molar-refractivity contribution >= 4 is 16.9 Å². The number of nitrogens with zero attached hydrogens (tertiary/aromatic N) is 2. The Morgan fingerprint density at radius 3 is 2.40 bits per heavy atom. The molecule has 0 aliphatic heterocycles. The number of fused-ring (bicyclic) bond motifs is 1. The highest BCUT2D eigenvalue weighted by atomic mass is 15.0. The fourth-order valence-electron chi connectivity index (χ4n) is 2.31. The van der Waals surface area contributed by atoms with Gasteiger partial charge in [0.15, 0.2) is 0 Å². The monoisotopic (exact) mass is 263 g/mol. The van der Waals surface area contributed by atoms with Crippen LogP contribution in [0.4, 0.5) is 5.82 Å². The third-order valence-electron chi connectivity index (χ3n) is 3.38. The quantitative estimate of drug-likeness (QED) is 0.766. The second kappa shape index (κ2) is 5.70. The van der Waals surface area contributed by atoms with E-state index in [0.717, 1.165) is 23.3 Å². The van der Waals surface area contributed by atoms with Gasteiger partial charge in [-0.3, -0.25) is 4.98 Å². The topological polar surface area (TPSA) is 37.8 Å². The molecule has 100 valence electrons. The van der Waals surface area contributed by atoms with Crippen LogP contribution in [0.25, 0.3) is 11.0 Å². The van der Waals surface area contributed by atoms with Gasteiger partial charge in [-0.15, -0.1) is 0 Å². The lowest BCUT2D eigenvalue weighted by molar-refractivity contribution is 0.744. The second-order valence-corrected chi connectivity index (χ2v) is 4.76. The normalized spacial score (nSPS) is 12.2. The number of hydrogen-bond donors (Lipinski definition) is 1. The lowest BCUT2D eigenvalue weighted by Gasteiger charge is -2.18. The number of benzene rings is 2. The van der Waals surface area contributed by atoms with Gasteiger partial charge in [0.05, 0.1) is 23.3 Å². The highest BCUT2D eigenvalue weighted by Gasteiger charge is 2.09. The number of anilines is 1. The Kier molecular flexibility index (Phi) is 3.59. The van der Waals surface area contributed by atoms with Crippen molar-refractivity contribution < 1.29 is 0 Å². The molecule has 3 aromatic rings. The van der Waals surface area contributed by atoms with Crippen molar-refractivity contribution in [2.45, 2.75) is 19.4 Å². The van der Waals surface area contributed by atoms with Crippen molar-refractivity contribution in [1.82, 2.24) is 9.97 Å². The van der Waals surface area contributed by atoms with Crippen LogP contribution in [0.2, 0.25) is 0 Å². The molecule has 3 nitrogen and oxygen atoms in total. The Labute approximate surface area is 118 Å². The zero-order valence-corrected chi connectivity index (χ0v) is 11.5. The zero-order chi connectivity index (χ0) is 13.8. The summed E-state index contributed by atoms with van der Waals surface area (Å²) in [5.74, 6) is 0.819. The number of hydrogen-bond acceptors (Lipinski definition) is 3. The molecule has 0 bridgehead atoms. The fraction of sp³-hybridized carbons (Fsp3) is 0.176. The summed E-state index contributed by atoms with van der Waals surface area (Å²) in [7, 11) is 0. The molecule has 2 aromatic carbocycles. The lowest BCUT2D eigenvalue weighted by atomic mass is 10.0. The molecule has 1 N–H and O–H groups in total. The summed E-state index contributed by atoms with van der Waals surface area (Å²) in [5, 5.41) is 3.46. The van der Waals surface area contributed by atoms with E-state index < -0.39 is 0 Å². The average molecular weight is 263 g/mol. The van der Waals surface area contributed by atoms with Crippen molar-refractivity contribution in [2.24, 2.45) is 0 Å². The van der Waals surface area contributed by atoms with Gasteiger partial charge in [-0.2, -0.15) is 0 Å². The Morgan fingerprint density at radius 1 is 0.950 bits per heavy atom. The highest BCUT2D eigenvalue weighted by molar-refractivity contribution is 5.75. The molecule has 0 amide bonds. The largest absolute Gasteiger partial charge is 0.362 e. The van der Waals surface area contributed by atoms with E-state index >= 15 is 0 Å². The van der Waals surface area contributed by atoms with Crippen LogP contribution in [-0.2, 0) is 0 Å². The number of para-hydroxylation sites is 2. The van der Waals surface area contributed by atoms with Crippen molar-refractivity contribution in [2.75, 3.05) is 5.32 Å². The minimum Gasteiger partial charge on any atom is -0.362 e. The first-order valence-corrected chi connectivity index (χ1v) is 6.90. The smallest absolute Gasteiger partial charge is 0.145 e. The van der Waals surface area contributed by atoms with E-state index in [1.54, 1.807) is 6.20 Å². The van der Waals surface area contributed by atoms with Gasteiger partial charge in [0, 0.05) is 0 Å². The van der Waals surface area contributed by atoms with E-state index in [4.69, 9.17) is 0 Å². The predicted molar refractivity (Wildman–Crippen MR) is 82.6 cm³/mol. The molecule has 0 saturated carbocycles. The Bertz CT molecular complexity index is 695. The molecule has 0 fully saturated rings. The minimum absolute atomic E-state index is 0.256. The van der Waals surface area contributed by atoms with Gasteiger partial charge in [0.1, 0.15) is 5.82 Å². The molecule has 0 spiro atoms. The van der Waals surface area contributed by atoms with E-state index in [1.165, 1.54) is 5.56 Å². The molecule has 3 heteroatoms. The van der Waals surface area contributed by atoms with Crippen LogP contribution in [0.1, 0.15) is 24.9 Å². The number of nitrogens with one attached hydrogen (secondary N) is 1. The van der Waals surface area contributed by atoms with E-state index in [1.807, 2.05) is 30.3 Å². The maximum Gasteiger partial charge on any atom is 0.145 e. The van der Waals surface area contributed by atoms with Crippen molar-refractivity contribution in [3.8, 4) is 0 Å². The second-order valence-electron chi connectivity index (χ2n) is 4.76. The zero-order valence-electron chi connectivity index (χ0n) is 11.5. The van der Waals surface area contributed by atoms with Crippen LogP contribution >= 0.6 is 0 Å². The van der Waals surface area contributed by atoms with E-state index in [9.17, 15) is 0 Å². The molecule has 1 aromatic heterocycles. The molecule has 0 aliphatic carbocycles. The maximum absolute atomic E-state index is 4.61. The maximum atomic E-state index is 4.61. The van der Waals surface area contributed by atoms with Gasteiger partial charge in [0.2, 0.25) is 0 Å². The molecule has 1 heterocycles. The van der Waals surface area contributed by atoms with Gasteiger partial charge in [-0.25, -0.2) is 4.98 Å². The molecular weight excluding hydrogens is 246 g/mol. The predicted octanol–water partition coefficient (Wildman–Crippen LogP) is 4.19. The number of rotatable bonds is 4. The van der Waals surface area contributed by atoms with Gasteiger partial charge >= 0.3 is 0 Å². The van der Waals surface area contributed by atoms with Crippen LogP contribution in [0.15, 0.2) is 60.8 Å². The first kappa shape index (κ1) is 12.6. The van der Waals surface area contributed by atoms with Crippen molar-refractivity contribution in [1.29, 1.82) is 0 Å². The number of aromatic nitrogens is 2. The molecule has 0 saturated heterocycles. The standard InChI is InChI=1S/C17H17N3/c1-2-14(13-8-4-3-5-9-13)19-17-12-18-15-10-6-7-11-16(15)20-17/h3-12,14H,2H2,1H3,(H,19,20). The molecule has 20 heavy (non-hydrogen) atoms. The van der Waals surface area contributed by atoms with Gasteiger partial charge in [0.25, 0.3) is 0 Å².